The lowest BCUT2D eigenvalue weighted by atomic mass is 10.0. The second-order valence-corrected chi connectivity index (χ2v) is 12.0. The summed E-state index contributed by atoms with van der Waals surface area (Å²) in [6, 6.07) is 17.0. The quantitative estimate of drug-likeness (QED) is 0.284. The lowest BCUT2D eigenvalue weighted by Crippen LogP contribution is -2.52. The maximum Gasteiger partial charge on any atom is 0.408 e. The SMILES string of the molecule is CC(C)C[C@H](NC(=O)OCc1ccccc1)C(=O)NC1CCCN(C(=O)C[C@@H](C)CCNC(=O)OCc2ccccc2)CC1=O. The van der Waals surface area contributed by atoms with Crippen LogP contribution in [0.3, 0.4) is 0 Å². The van der Waals surface area contributed by atoms with Gasteiger partial charge in [-0.15, -0.1) is 0 Å². The molecule has 1 fully saturated rings. The summed E-state index contributed by atoms with van der Waals surface area (Å²) in [4.78, 5) is 65.3. The average Bonchev–Trinajstić information content (AvgIpc) is 3.20. The van der Waals surface area contributed by atoms with Gasteiger partial charge in [-0.05, 0) is 48.6 Å². The van der Waals surface area contributed by atoms with Crippen LogP contribution in [0.4, 0.5) is 9.59 Å². The van der Waals surface area contributed by atoms with Crippen molar-refractivity contribution < 1.29 is 33.4 Å². The molecule has 0 radical (unpaired) electrons. The highest BCUT2D eigenvalue weighted by Gasteiger charge is 2.31. The predicted octanol–water partition coefficient (Wildman–Crippen LogP) is 4.35. The molecule has 3 N–H and O–H groups in total. The molecule has 3 atom stereocenters. The number of nitrogens with one attached hydrogen (secondary N) is 3. The molecule has 244 valence electrons. The van der Waals surface area contributed by atoms with Crippen LogP contribution in [0.15, 0.2) is 60.7 Å². The number of hydrogen-bond donors (Lipinski definition) is 3. The van der Waals surface area contributed by atoms with E-state index in [9.17, 15) is 24.0 Å². The summed E-state index contributed by atoms with van der Waals surface area (Å²) in [5.74, 6) is -0.771. The van der Waals surface area contributed by atoms with Crippen LogP contribution in [0.2, 0.25) is 0 Å². The number of ketones is 1. The fourth-order valence-electron chi connectivity index (χ4n) is 5.00. The molecular formula is C34H46N4O7. The van der Waals surface area contributed by atoms with Gasteiger partial charge in [-0.3, -0.25) is 14.4 Å². The molecule has 1 heterocycles. The Morgan fingerprint density at radius 2 is 1.49 bits per heavy atom. The predicted molar refractivity (Wildman–Crippen MR) is 169 cm³/mol. The van der Waals surface area contributed by atoms with Crippen molar-refractivity contribution in [2.75, 3.05) is 19.6 Å². The minimum Gasteiger partial charge on any atom is -0.445 e. The van der Waals surface area contributed by atoms with Crippen LogP contribution in [0, 0.1) is 11.8 Å². The molecule has 2 aromatic carbocycles. The summed E-state index contributed by atoms with van der Waals surface area (Å²) < 4.78 is 10.5. The Morgan fingerprint density at radius 3 is 2.09 bits per heavy atom. The van der Waals surface area contributed by atoms with Gasteiger partial charge in [0.05, 0.1) is 12.6 Å². The van der Waals surface area contributed by atoms with Crippen LogP contribution in [0.5, 0.6) is 0 Å². The highest BCUT2D eigenvalue weighted by atomic mass is 16.6. The van der Waals surface area contributed by atoms with E-state index in [0.717, 1.165) is 11.1 Å². The zero-order chi connectivity index (χ0) is 32.6. The van der Waals surface area contributed by atoms with E-state index in [1.165, 1.54) is 4.90 Å². The number of hydrogen-bond acceptors (Lipinski definition) is 7. The van der Waals surface area contributed by atoms with Crippen molar-refractivity contribution in [1.82, 2.24) is 20.9 Å². The Bertz CT molecular complexity index is 1260. The van der Waals surface area contributed by atoms with E-state index in [4.69, 9.17) is 9.47 Å². The maximum absolute atomic E-state index is 13.2. The van der Waals surface area contributed by atoms with Crippen molar-refractivity contribution in [3.8, 4) is 0 Å². The molecule has 1 saturated heterocycles. The lowest BCUT2D eigenvalue weighted by molar-refractivity contribution is -0.136. The van der Waals surface area contributed by atoms with Gasteiger partial charge in [0.1, 0.15) is 19.3 Å². The number of nitrogens with zero attached hydrogens (tertiary/aromatic N) is 1. The summed E-state index contributed by atoms with van der Waals surface area (Å²) in [6.07, 6.45) is 0.894. The van der Waals surface area contributed by atoms with Crippen molar-refractivity contribution in [3.05, 3.63) is 71.8 Å². The van der Waals surface area contributed by atoms with E-state index >= 15 is 0 Å². The van der Waals surface area contributed by atoms with Gasteiger partial charge < -0.3 is 30.3 Å². The van der Waals surface area contributed by atoms with Crippen molar-refractivity contribution in [2.45, 2.75) is 78.2 Å². The molecule has 45 heavy (non-hydrogen) atoms. The molecule has 0 spiro atoms. The van der Waals surface area contributed by atoms with Gasteiger partial charge in [-0.25, -0.2) is 9.59 Å². The van der Waals surface area contributed by atoms with Crippen LogP contribution in [0.1, 0.15) is 64.0 Å². The molecular weight excluding hydrogens is 576 g/mol. The third-order valence-electron chi connectivity index (χ3n) is 7.50. The van der Waals surface area contributed by atoms with Crippen molar-refractivity contribution in [3.63, 3.8) is 0 Å². The average molecular weight is 623 g/mol. The molecule has 1 aliphatic heterocycles. The standard InChI is InChI=1S/C34H46N4O7/c1-24(2)19-29(37-34(43)45-23-27-13-8-5-9-14-27)32(41)36-28-15-10-18-38(21-30(28)39)31(40)20-25(3)16-17-35-33(42)44-22-26-11-6-4-7-12-26/h4-9,11-14,24-25,28-29H,10,15-23H2,1-3H3,(H,35,42)(H,36,41)(H,37,43)/t25-,28?,29-/m0/s1. The Labute approximate surface area is 265 Å². The smallest absolute Gasteiger partial charge is 0.408 e. The van der Waals surface area contributed by atoms with Crippen molar-refractivity contribution in [1.29, 1.82) is 0 Å². The van der Waals surface area contributed by atoms with Crippen LogP contribution < -0.4 is 16.0 Å². The van der Waals surface area contributed by atoms with Gasteiger partial charge in [0.15, 0.2) is 5.78 Å². The molecule has 1 unspecified atom stereocenters. The van der Waals surface area contributed by atoms with Crippen molar-refractivity contribution >= 4 is 29.8 Å². The summed E-state index contributed by atoms with van der Waals surface area (Å²) in [5, 5.41) is 8.16. The summed E-state index contributed by atoms with van der Waals surface area (Å²) in [5.41, 5.74) is 1.72. The van der Waals surface area contributed by atoms with Gasteiger partial charge >= 0.3 is 12.2 Å². The highest BCUT2D eigenvalue weighted by Crippen LogP contribution is 2.15. The van der Waals surface area contributed by atoms with Crippen LogP contribution in [-0.4, -0.2) is 66.4 Å². The van der Waals surface area contributed by atoms with E-state index in [2.05, 4.69) is 16.0 Å². The van der Waals surface area contributed by atoms with Crippen molar-refractivity contribution in [2.24, 2.45) is 11.8 Å². The molecule has 0 bridgehead atoms. The fraction of sp³-hybridized carbons (Fsp3) is 0.500. The van der Waals surface area contributed by atoms with E-state index < -0.39 is 30.2 Å². The monoisotopic (exact) mass is 622 g/mol. The minimum absolute atomic E-state index is 0.0229. The number of alkyl carbamates (subject to hydrolysis) is 2. The number of Topliss-reactive ketones (excluding diaryl/α,β-unsaturated/α-hetero) is 1. The van der Waals surface area contributed by atoms with E-state index in [-0.39, 0.29) is 49.7 Å². The van der Waals surface area contributed by atoms with Gasteiger partial charge in [0, 0.05) is 19.5 Å². The minimum atomic E-state index is -0.868. The molecule has 0 aromatic heterocycles. The zero-order valence-corrected chi connectivity index (χ0v) is 26.5. The Kier molecular flexibility index (Phi) is 14.3. The van der Waals surface area contributed by atoms with Gasteiger partial charge in [-0.1, -0.05) is 81.4 Å². The largest absolute Gasteiger partial charge is 0.445 e. The number of carbonyl (C=O) groups excluding carboxylic acids is 5. The molecule has 11 nitrogen and oxygen atoms in total. The molecule has 1 aliphatic rings. The number of benzene rings is 2. The second kappa shape index (κ2) is 18.4. The van der Waals surface area contributed by atoms with E-state index in [1.54, 1.807) is 0 Å². The number of carbonyl (C=O) groups is 5. The Morgan fingerprint density at radius 1 is 0.889 bits per heavy atom. The Hall–Kier alpha value is -4.41. The first-order chi connectivity index (χ1) is 21.6. The molecule has 11 heteroatoms. The first-order valence-corrected chi connectivity index (χ1v) is 15.6. The number of amides is 4. The lowest BCUT2D eigenvalue weighted by Gasteiger charge is -2.24. The molecule has 3 rings (SSSR count). The van der Waals surface area contributed by atoms with Gasteiger partial charge in [0.2, 0.25) is 11.8 Å². The first-order valence-electron chi connectivity index (χ1n) is 15.6. The molecule has 0 saturated carbocycles. The van der Waals surface area contributed by atoms with Crippen LogP contribution >= 0.6 is 0 Å². The maximum atomic E-state index is 13.2. The summed E-state index contributed by atoms with van der Waals surface area (Å²) in [7, 11) is 0. The van der Waals surface area contributed by atoms with E-state index in [0.29, 0.717) is 38.8 Å². The topological polar surface area (TPSA) is 143 Å². The number of ether oxygens (including phenoxy) is 2. The third-order valence-corrected chi connectivity index (χ3v) is 7.50. The van der Waals surface area contributed by atoms with E-state index in [1.807, 2.05) is 81.4 Å². The van der Waals surface area contributed by atoms with Crippen LogP contribution in [0.25, 0.3) is 0 Å². The Balaban J connectivity index is 1.41. The van der Waals surface area contributed by atoms with Crippen LogP contribution in [-0.2, 0) is 37.1 Å². The number of rotatable bonds is 14. The second-order valence-electron chi connectivity index (χ2n) is 12.0. The first kappa shape index (κ1) is 35.1. The summed E-state index contributed by atoms with van der Waals surface area (Å²) in [6.45, 7) is 6.73. The zero-order valence-electron chi connectivity index (χ0n) is 26.5. The number of likely N-dealkylation sites (tertiary alicyclic amines) is 1. The fourth-order valence-corrected chi connectivity index (χ4v) is 5.00. The molecule has 2 aromatic rings. The molecule has 4 amide bonds. The van der Waals surface area contributed by atoms with Gasteiger partial charge in [-0.2, -0.15) is 0 Å². The normalized spacial score (nSPS) is 16.2. The summed E-state index contributed by atoms with van der Waals surface area (Å²) >= 11 is 0. The highest BCUT2D eigenvalue weighted by molar-refractivity contribution is 5.94. The third kappa shape index (κ3) is 13.0. The molecule has 0 aliphatic carbocycles. The van der Waals surface area contributed by atoms with Gasteiger partial charge in [0.25, 0.3) is 0 Å².